The molecule has 1 saturated heterocycles. The van der Waals surface area contributed by atoms with Gasteiger partial charge in [-0.2, -0.15) is 10.5 Å². The molecule has 0 unspecified atom stereocenters. The lowest BCUT2D eigenvalue weighted by Gasteiger charge is -2.18. The monoisotopic (exact) mass is 379 g/mol. The highest BCUT2D eigenvalue weighted by Crippen LogP contribution is 2.32. The lowest BCUT2D eigenvalue weighted by Crippen LogP contribution is -2.17. The number of thioether (sulfide) groups is 1. The number of hydrogen-bond acceptors (Lipinski definition) is 7. The van der Waals surface area contributed by atoms with Gasteiger partial charge in [-0.25, -0.2) is 0 Å². The number of benzene rings is 1. The Kier molecular flexibility index (Phi) is 4.89. The van der Waals surface area contributed by atoms with E-state index in [1.165, 1.54) is 30.7 Å². The van der Waals surface area contributed by atoms with Gasteiger partial charge in [0.05, 0.1) is 16.3 Å². The predicted octanol–water partition coefficient (Wildman–Crippen LogP) is 2.32. The van der Waals surface area contributed by atoms with Crippen LogP contribution in [0.4, 0.5) is 5.69 Å². The lowest BCUT2D eigenvalue weighted by molar-refractivity contribution is 0.881. The van der Waals surface area contributed by atoms with E-state index < -0.39 is 0 Å². The van der Waals surface area contributed by atoms with E-state index in [1.54, 1.807) is 0 Å². The summed E-state index contributed by atoms with van der Waals surface area (Å²) in [5.41, 5.74) is 2.82. The lowest BCUT2D eigenvalue weighted by atomic mass is 10.0. The molecule has 0 spiro atoms. The second-order valence-electron chi connectivity index (χ2n) is 6.22. The van der Waals surface area contributed by atoms with Gasteiger partial charge in [0.15, 0.2) is 5.82 Å². The van der Waals surface area contributed by atoms with Crippen LogP contribution < -0.4 is 10.5 Å². The van der Waals surface area contributed by atoms with Crippen LogP contribution in [0.5, 0.6) is 0 Å². The van der Waals surface area contributed by atoms with Crippen LogP contribution in [0.15, 0.2) is 40.2 Å². The molecular weight excluding hydrogens is 362 g/mol. The third-order valence-electron chi connectivity index (χ3n) is 4.48. The minimum atomic E-state index is -0.244. The number of hydrogen-bond donors (Lipinski definition) is 2. The largest absolute Gasteiger partial charge is 0.372 e. The van der Waals surface area contributed by atoms with Crippen LogP contribution in [0.25, 0.3) is 11.1 Å². The maximum absolute atomic E-state index is 12.2. The summed E-state index contributed by atoms with van der Waals surface area (Å²) in [6.07, 6.45) is 2.38. The second kappa shape index (κ2) is 7.63. The average molecular weight is 379 g/mol. The maximum Gasteiger partial charge on any atom is 0.249 e. The summed E-state index contributed by atoms with van der Waals surface area (Å²) in [7, 11) is 0. The molecule has 0 saturated carbocycles. The Morgan fingerprint density at radius 1 is 1.26 bits per heavy atom. The van der Waals surface area contributed by atoms with Crippen molar-refractivity contribution in [2.45, 2.75) is 23.6 Å². The van der Waals surface area contributed by atoms with Gasteiger partial charge in [0.25, 0.3) is 0 Å². The van der Waals surface area contributed by atoms with Gasteiger partial charge < -0.3 is 9.88 Å². The third-order valence-corrected chi connectivity index (χ3v) is 5.48. The Morgan fingerprint density at radius 3 is 2.85 bits per heavy atom. The fraction of sp³-hybridized carbons (Fsp3) is 0.278. The topological polar surface area (TPSA) is 114 Å². The van der Waals surface area contributed by atoms with Crippen molar-refractivity contribution in [2.24, 2.45) is 0 Å². The van der Waals surface area contributed by atoms with Gasteiger partial charge in [0.2, 0.25) is 5.56 Å². The first-order chi connectivity index (χ1) is 13.2. The molecule has 1 aliphatic heterocycles. The summed E-state index contributed by atoms with van der Waals surface area (Å²) in [6, 6.07) is 11.7. The molecule has 1 aliphatic rings. The zero-order valence-electron chi connectivity index (χ0n) is 14.5. The zero-order valence-corrected chi connectivity index (χ0v) is 15.3. The highest BCUT2D eigenvalue weighted by Gasteiger charge is 2.16. The molecule has 136 valence electrons. The number of pyridine rings is 1. The summed E-state index contributed by atoms with van der Waals surface area (Å²) in [5, 5.41) is 24.0. The fourth-order valence-electron chi connectivity index (χ4n) is 3.21. The van der Waals surface area contributed by atoms with Crippen LogP contribution in [-0.4, -0.2) is 38.7 Å². The standard InChI is InChI=1S/C18H17N7OS/c19-10-15-14(12-4-3-5-13(8-12)25-6-1-2-7-25)9-17(26)20-18(15)27-11-16-21-23-24-22-16/h3-5,8-9H,1-2,6-7,11H2,(H,20,26)(H,21,22,23,24). The number of tetrazole rings is 1. The number of nitrogens with zero attached hydrogens (tertiary/aromatic N) is 5. The number of rotatable bonds is 5. The molecule has 3 heterocycles. The molecule has 27 heavy (non-hydrogen) atoms. The van der Waals surface area contributed by atoms with Crippen LogP contribution >= 0.6 is 11.8 Å². The zero-order chi connectivity index (χ0) is 18.6. The average Bonchev–Trinajstić information content (AvgIpc) is 3.40. The van der Waals surface area contributed by atoms with Crippen molar-refractivity contribution in [3.05, 3.63) is 52.1 Å². The highest BCUT2D eigenvalue weighted by molar-refractivity contribution is 7.98. The molecule has 0 bridgehead atoms. The first-order valence-corrected chi connectivity index (χ1v) is 9.61. The minimum Gasteiger partial charge on any atom is -0.372 e. The third kappa shape index (κ3) is 3.71. The maximum atomic E-state index is 12.2. The Balaban J connectivity index is 1.71. The minimum absolute atomic E-state index is 0.244. The Hall–Kier alpha value is -3.12. The van der Waals surface area contributed by atoms with Crippen molar-refractivity contribution in [3.8, 4) is 17.2 Å². The molecule has 1 fully saturated rings. The normalized spacial score (nSPS) is 13.7. The van der Waals surface area contributed by atoms with Gasteiger partial charge in [0.1, 0.15) is 6.07 Å². The highest BCUT2D eigenvalue weighted by atomic mass is 32.2. The van der Waals surface area contributed by atoms with Gasteiger partial charge in [0, 0.05) is 30.4 Å². The van der Waals surface area contributed by atoms with Crippen molar-refractivity contribution in [1.82, 2.24) is 25.6 Å². The SMILES string of the molecule is N#Cc1c(-c2cccc(N3CCCC3)c2)cc(=O)[nH]c1SCc1nn[nH]n1. The van der Waals surface area contributed by atoms with E-state index in [2.05, 4.69) is 48.7 Å². The van der Waals surface area contributed by atoms with Crippen molar-refractivity contribution < 1.29 is 0 Å². The van der Waals surface area contributed by atoms with E-state index in [1.807, 2.05) is 12.1 Å². The van der Waals surface area contributed by atoms with Crippen LogP contribution in [0.2, 0.25) is 0 Å². The van der Waals surface area contributed by atoms with Crippen molar-refractivity contribution in [2.75, 3.05) is 18.0 Å². The Bertz CT molecular complexity index is 1030. The molecule has 0 radical (unpaired) electrons. The summed E-state index contributed by atoms with van der Waals surface area (Å²) in [4.78, 5) is 17.3. The van der Waals surface area contributed by atoms with Crippen molar-refractivity contribution >= 4 is 17.4 Å². The van der Waals surface area contributed by atoms with E-state index >= 15 is 0 Å². The number of nitrogens with one attached hydrogen (secondary N) is 2. The van der Waals surface area contributed by atoms with E-state index in [-0.39, 0.29) is 5.56 Å². The van der Waals surface area contributed by atoms with Crippen LogP contribution in [0.3, 0.4) is 0 Å². The van der Waals surface area contributed by atoms with Crippen molar-refractivity contribution in [1.29, 1.82) is 5.26 Å². The molecule has 2 N–H and O–H groups in total. The molecule has 0 aliphatic carbocycles. The quantitative estimate of drug-likeness (QED) is 0.654. The number of nitriles is 1. The molecule has 3 aromatic rings. The van der Waals surface area contributed by atoms with Gasteiger partial charge in [-0.15, -0.1) is 10.2 Å². The molecule has 8 nitrogen and oxygen atoms in total. The van der Waals surface area contributed by atoms with E-state index in [0.29, 0.717) is 27.7 Å². The second-order valence-corrected chi connectivity index (χ2v) is 7.21. The van der Waals surface area contributed by atoms with Gasteiger partial charge >= 0.3 is 0 Å². The molecule has 1 aromatic carbocycles. The number of anilines is 1. The summed E-state index contributed by atoms with van der Waals surface area (Å²) < 4.78 is 0. The molecular formula is C18H17N7OS. The van der Waals surface area contributed by atoms with Gasteiger partial charge in [-0.1, -0.05) is 29.1 Å². The first-order valence-electron chi connectivity index (χ1n) is 8.62. The summed E-state index contributed by atoms with van der Waals surface area (Å²) in [6.45, 7) is 2.07. The van der Waals surface area contributed by atoms with E-state index in [9.17, 15) is 10.1 Å². The number of aromatic nitrogens is 5. The van der Waals surface area contributed by atoms with Gasteiger partial charge in [-0.05, 0) is 30.5 Å². The molecule has 4 rings (SSSR count). The summed E-state index contributed by atoms with van der Waals surface area (Å²) >= 11 is 1.31. The number of H-pyrrole nitrogens is 2. The van der Waals surface area contributed by atoms with Gasteiger partial charge in [-0.3, -0.25) is 4.79 Å². The van der Waals surface area contributed by atoms with Crippen LogP contribution in [0.1, 0.15) is 24.2 Å². The fourth-order valence-corrected chi connectivity index (χ4v) is 4.08. The number of aromatic amines is 2. The summed E-state index contributed by atoms with van der Waals surface area (Å²) in [5.74, 6) is 0.907. The Morgan fingerprint density at radius 2 is 2.11 bits per heavy atom. The molecule has 2 aromatic heterocycles. The molecule has 0 amide bonds. The van der Waals surface area contributed by atoms with Crippen LogP contribution in [-0.2, 0) is 5.75 Å². The smallest absolute Gasteiger partial charge is 0.249 e. The Labute approximate surface area is 159 Å². The van der Waals surface area contributed by atoms with E-state index in [4.69, 9.17) is 0 Å². The molecule has 0 atom stereocenters. The van der Waals surface area contributed by atoms with Crippen molar-refractivity contribution in [3.63, 3.8) is 0 Å². The first kappa shape index (κ1) is 17.3. The predicted molar refractivity (Wildman–Crippen MR) is 102 cm³/mol. The molecule has 9 heteroatoms. The van der Waals surface area contributed by atoms with E-state index in [0.717, 1.165) is 24.3 Å². The van der Waals surface area contributed by atoms with Crippen LogP contribution in [0, 0.1) is 11.3 Å².